The third kappa shape index (κ3) is 3.22. The molecule has 1 atom stereocenters. The number of nitrogens with one attached hydrogen (secondary N) is 1. The molecule has 3 nitrogen and oxygen atoms in total. The maximum Gasteiger partial charge on any atom is 0.261 e. The van der Waals surface area contributed by atoms with Crippen molar-refractivity contribution in [2.24, 2.45) is 0 Å². The summed E-state index contributed by atoms with van der Waals surface area (Å²) in [6, 6.07) is 9.48. The minimum absolute atomic E-state index is 0.0674. The zero-order valence-electron chi connectivity index (χ0n) is 11.6. The molecular weight excluding hydrogens is 338 g/mol. The van der Waals surface area contributed by atoms with E-state index in [-0.39, 0.29) is 11.9 Å². The Morgan fingerprint density at radius 1 is 1.40 bits per heavy atom. The van der Waals surface area contributed by atoms with E-state index < -0.39 is 0 Å². The first kappa shape index (κ1) is 15.1. The van der Waals surface area contributed by atoms with Gasteiger partial charge in [-0.3, -0.25) is 4.79 Å². The Labute approximate surface area is 131 Å². The summed E-state index contributed by atoms with van der Waals surface area (Å²) in [5.41, 5.74) is 2.04. The van der Waals surface area contributed by atoms with Gasteiger partial charge in [-0.2, -0.15) is 0 Å². The van der Waals surface area contributed by atoms with Crippen molar-refractivity contribution in [2.75, 3.05) is 7.11 Å². The van der Waals surface area contributed by atoms with Gasteiger partial charge in [0.1, 0.15) is 5.75 Å². The molecule has 2 aromatic rings. The maximum absolute atomic E-state index is 12.2. The number of carbonyl (C=O) groups excluding carboxylic acids is 1. The fourth-order valence-electron chi connectivity index (χ4n) is 1.94. The molecule has 0 fully saturated rings. The van der Waals surface area contributed by atoms with E-state index in [1.54, 1.807) is 7.11 Å². The predicted octanol–water partition coefficient (Wildman–Crippen LogP) is 4.32. The van der Waals surface area contributed by atoms with Crippen molar-refractivity contribution >= 4 is 33.2 Å². The first-order valence-electron chi connectivity index (χ1n) is 6.22. The summed E-state index contributed by atoms with van der Waals surface area (Å²) >= 11 is 4.88. The van der Waals surface area contributed by atoms with E-state index in [1.165, 1.54) is 11.3 Å². The van der Waals surface area contributed by atoms with E-state index in [0.717, 1.165) is 20.7 Å². The molecule has 0 aliphatic carbocycles. The molecule has 20 heavy (non-hydrogen) atoms. The number of halogens is 1. The summed E-state index contributed by atoms with van der Waals surface area (Å²) in [7, 11) is 1.63. The highest BCUT2D eigenvalue weighted by atomic mass is 79.9. The third-order valence-corrected chi connectivity index (χ3v) is 5.17. The highest BCUT2D eigenvalue weighted by molar-refractivity contribution is 9.11. The Kier molecular flexibility index (Phi) is 4.83. The fraction of sp³-hybridized carbons (Fsp3) is 0.267. The summed E-state index contributed by atoms with van der Waals surface area (Å²) in [5.74, 6) is 0.714. The van der Waals surface area contributed by atoms with Crippen LogP contribution >= 0.6 is 27.3 Å². The van der Waals surface area contributed by atoms with Gasteiger partial charge >= 0.3 is 0 Å². The number of amides is 1. The summed E-state index contributed by atoms with van der Waals surface area (Å²) in [6.07, 6.45) is 0. The smallest absolute Gasteiger partial charge is 0.261 e. The Bertz CT molecular complexity index is 605. The number of hydrogen-bond acceptors (Lipinski definition) is 3. The normalized spacial score (nSPS) is 12.0. The van der Waals surface area contributed by atoms with E-state index in [2.05, 4.69) is 21.2 Å². The number of rotatable bonds is 4. The SMILES string of the molecule is COc1ccccc1C(C)NC(=O)c1cc(C)c(Br)s1. The van der Waals surface area contributed by atoms with Gasteiger partial charge in [0, 0.05) is 5.56 Å². The van der Waals surface area contributed by atoms with Crippen molar-refractivity contribution in [2.45, 2.75) is 19.9 Å². The average Bonchev–Trinajstić information content (AvgIpc) is 2.78. The Morgan fingerprint density at radius 2 is 2.10 bits per heavy atom. The molecule has 1 aromatic carbocycles. The molecule has 0 aliphatic heterocycles. The van der Waals surface area contributed by atoms with Crippen molar-refractivity contribution in [3.05, 3.63) is 50.1 Å². The lowest BCUT2D eigenvalue weighted by atomic mass is 10.1. The largest absolute Gasteiger partial charge is 0.496 e. The molecule has 2 rings (SSSR count). The van der Waals surface area contributed by atoms with Gasteiger partial charge in [-0.15, -0.1) is 11.3 Å². The second-order valence-corrected chi connectivity index (χ2v) is 6.87. The van der Waals surface area contributed by atoms with E-state index in [1.807, 2.05) is 44.2 Å². The minimum Gasteiger partial charge on any atom is -0.496 e. The summed E-state index contributed by atoms with van der Waals surface area (Å²) in [6.45, 7) is 3.92. The zero-order chi connectivity index (χ0) is 14.7. The van der Waals surface area contributed by atoms with Gasteiger partial charge in [-0.25, -0.2) is 0 Å². The van der Waals surface area contributed by atoms with Gasteiger partial charge in [-0.1, -0.05) is 18.2 Å². The minimum atomic E-state index is -0.111. The van der Waals surface area contributed by atoms with Gasteiger partial charge in [0.05, 0.1) is 21.8 Å². The molecular formula is C15H16BrNO2S. The van der Waals surface area contributed by atoms with Crippen LogP contribution in [0.15, 0.2) is 34.1 Å². The van der Waals surface area contributed by atoms with Crippen molar-refractivity contribution in [1.29, 1.82) is 0 Å². The Balaban J connectivity index is 2.15. The lowest BCUT2D eigenvalue weighted by Crippen LogP contribution is -2.26. The molecule has 0 bridgehead atoms. The van der Waals surface area contributed by atoms with Crippen molar-refractivity contribution in [3.63, 3.8) is 0 Å². The van der Waals surface area contributed by atoms with Gasteiger partial charge in [0.25, 0.3) is 5.91 Å². The lowest BCUT2D eigenvalue weighted by molar-refractivity contribution is 0.0943. The molecule has 5 heteroatoms. The molecule has 1 heterocycles. The van der Waals surface area contributed by atoms with Crippen molar-refractivity contribution in [3.8, 4) is 5.75 Å². The number of aryl methyl sites for hydroxylation is 1. The monoisotopic (exact) mass is 353 g/mol. The highest BCUT2D eigenvalue weighted by Crippen LogP contribution is 2.29. The predicted molar refractivity (Wildman–Crippen MR) is 85.6 cm³/mol. The van der Waals surface area contributed by atoms with Crippen LogP contribution in [0.1, 0.15) is 33.8 Å². The Morgan fingerprint density at radius 3 is 2.70 bits per heavy atom. The molecule has 0 spiro atoms. The molecule has 1 aromatic heterocycles. The number of ether oxygens (including phenoxy) is 1. The third-order valence-electron chi connectivity index (χ3n) is 3.03. The first-order chi connectivity index (χ1) is 9.52. The molecule has 1 amide bonds. The second-order valence-electron chi connectivity index (χ2n) is 4.50. The zero-order valence-corrected chi connectivity index (χ0v) is 14.0. The number of benzene rings is 1. The van der Waals surface area contributed by atoms with Crippen LogP contribution in [0.5, 0.6) is 5.75 Å². The number of carbonyl (C=O) groups is 1. The van der Waals surface area contributed by atoms with Crippen molar-refractivity contribution in [1.82, 2.24) is 5.32 Å². The summed E-state index contributed by atoms with van der Waals surface area (Å²) in [5, 5.41) is 3.00. The maximum atomic E-state index is 12.2. The number of methoxy groups -OCH3 is 1. The standard InChI is InChI=1S/C15H16BrNO2S/c1-9-8-13(20-14(9)16)15(18)17-10(2)11-6-4-5-7-12(11)19-3/h4-8,10H,1-3H3,(H,17,18). The lowest BCUT2D eigenvalue weighted by Gasteiger charge is -2.16. The number of thiophene rings is 1. The topological polar surface area (TPSA) is 38.3 Å². The van der Waals surface area contributed by atoms with Crippen molar-refractivity contribution < 1.29 is 9.53 Å². The van der Waals surface area contributed by atoms with E-state index in [9.17, 15) is 4.79 Å². The van der Waals surface area contributed by atoms with Gasteiger partial charge in [-0.05, 0) is 47.5 Å². The van der Waals surface area contributed by atoms with Gasteiger partial charge in [0.15, 0.2) is 0 Å². The van der Waals surface area contributed by atoms with Crippen LogP contribution in [0.3, 0.4) is 0 Å². The average molecular weight is 354 g/mol. The van der Waals surface area contributed by atoms with Crippen LogP contribution in [0.4, 0.5) is 0 Å². The summed E-state index contributed by atoms with van der Waals surface area (Å²) in [4.78, 5) is 12.9. The fourth-order valence-corrected chi connectivity index (χ4v) is 3.38. The van der Waals surface area contributed by atoms with Crippen LogP contribution in [0.2, 0.25) is 0 Å². The molecule has 1 unspecified atom stereocenters. The van der Waals surface area contributed by atoms with Crippen LogP contribution in [-0.4, -0.2) is 13.0 Å². The first-order valence-corrected chi connectivity index (χ1v) is 7.83. The molecule has 1 N–H and O–H groups in total. The molecule has 0 radical (unpaired) electrons. The van der Waals surface area contributed by atoms with Gasteiger partial charge < -0.3 is 10.1 Å². The second kappa shape index (κ2) is 6.41. The molecule has 106 valence electrons. The quantitative estimate of drug-likeness (QED) is 0.888. The molecule has 0 aliphatic rings. The number of hydrogen-bond donors (Lipinski definition) is 1. The molecule has 0 saturated carbocycles. The van der Waals surface area contributed by atoms with E-state index in [4.69, 9.17) is 4.74 Å². The Hall–Kier alpha value is -1.33. The van der Waals surface area contributed by atoms with Crippen LogP contribution < -0.4 is 10.1 Å². The molecule has 0 saturated heterocycles. The van der Waals surface area contributed by atoms with E-state index in [0.29, 0.717) is 4.88 Å². The van der Waals surface area contributed by atoms with Crippen LogP contribution in [-0.2, 0) is 0 Å². The van der Waals surface area contributed by atoms with Crippen LogP contribution in [0, 0.1) is 6.92 Å². The summed E-state index contributed by atoms with van der Waals surface area (Å²) < 4.78 is 6.31. The van der Waals surface area contributed by atoms with Crippen LogP contribution in [0.25, 0.3) is 0 Å². The van der Waals surface area contributed by atoms with E-state index >= 15 is 0 Å². The number of para-hydroxylation sites is 1. The van der Waals surface area contributed by atoms with Gasteiger partial charge in [0.2, 0.25) is 0 Å². The highest BCUT2D eigenvalue weighted by Gasteiger charge is 2.16.